The smallest absolute Gasteiger partial charge is 0.337 e. The van der Waals surface area contributed by atoms with Crippen LogP contribution in [0.3, 0.4) is 0 Å². The van der Waals surface area contributed by atoms with E-state index in [0.29, 0.717) is 0 Å². The van der Waals surface area contributed by atoms with E-state index in [2.05, 4.69) is 24.0 Å². The highest BCUT2D eigenvalue weighted by molar-refractivity contribution is 5.87. The van der Waals surface area contributed by atoms with Crippen molar-refractivity contribution in [3.8, 4) is 11.3 Å². The molecule has 92 valence electrons. The third-order valence-corrected chi connectivity index (χ3v) is 2.80. The van der Waals surface area contributed by atoms with Crippen molar-refractivity contribution in [1.29, 1.82) is 0 Å². The summed E-state index contributed by atoms with van der Waals surface area (Å²) in [5.74, 6) is -0.952. The van der Waals surface area contributed by atoms with Gasteiger partial charge in [-0.15, -0.1) is 0 Å². The number of nitrogens with zero attached hydrogens (tertiary/aromatic N) is 1. The topological polar surface area (TPSA) is 50.2 Å². The third kappa shape index (κ3) is 2.74. The number of aromatic nitrogens is 1. The van der Waals surface area contributed by atoms with Crippen LogP contribution in [0.5, 0.6) is 0 Å². The van der Waals surface area contributed by atoms with Crippen LogP contribution in [0.2, 0.25) is 0 Å². The van der Waals surface area contributed by atoms with Crippen LogP contribution in [-0.2, 0) is 6.42 Å². The lowest BCUT2D eigenvalue weighted by Crippen LogP contribution is -1.97. The Labute approximate surface area is 106 Å². The molecule has 0 unspecified atom stereocenters. The van der Waals surface area contributed by atoms with Crippen molar-refractivity contribution in [2.24, 2.45) is 0 Å². The largest absolute Gasteiger partial charge is 0.478 e. The zero-order chi connectivity index (χ0) is 13.0. The fourth-order valence-corrected chi connectivity index (χ4v) is 1.82. The van der Waals surface area contributed by atoms with Crippen LogP contribution in [0.1, 0.15) is 29.3 Å². The standard InChI is InChI=1S/C15H15NO2/c1-2-3-11-4-6-12(7-5-11)14-9-8-13(10-16-14)15(17)18/h4-10H,2-3H2,1H3,(H,17,18). The van der Waals surface area contributed by atoms with E-state index < -0.39 is 5.97 Å². The van der Waals surface area contributed by atoms with E-state index in [4.69, 9.17) is 5.11 Å². The first kappa shape index (κ1) is 12.3. The van der Waals surface area contributed by atoms with Gasteiger partial charge in [-0.3, -0.25) is 4.98 Å². The van der Waals surface area contributed by atoms with Crippen LogP contribution in [0.15, 0.2) is 42.6 Å². The summed E-state index contributed by atoms with van der Waals surface area (Å²) in [6.45, 7) is 2.15. The summed E-state index contributed by atoms with van der Waals surface area (Å²) in [6, 6.07) is 11.5. The quantitative estimate of drug-likeness (QED) is 0.892. The highest BCUT2D eigenvalue weighted by Crippen LogP contribution is 2.18. The number of carboxylic acids is 1. The van der Waals surface area contributed by atoms with Gasteiger partial charge < -0.3 is 5.11 Å². The van der Waals surface area contributed by atoms with Gasteiger partial charge in [0.25, 0.3) is 0 Å². The van der Waals surface area contributed by atoms with E-state index in [-0.39, 0.29) is 5.56 Å². The number of aryl methyl sites for hydroxylation is 1. The van der Waals surface area contributed by atoms with Gasteiger partial charge in [0.1, 0.15) is 0 Å². The lowest BCUT2D eigenvalue weighted by Gasteiger charge is -2.03. The Hall–Kier alpha value is -2.16. The summed E-state index contributed by atoms with van der Waals surface area (Å²) in [4.78, 5) is 14.9. The zero-order valence-corrected chi connectivity index (χ0v) is 10.3. The SMILES string of the molecule is CCCc1ccc(-c2ccc(C(=O)O)cn2)cc1. The molecule has 0 atom stereocenters. The summed E-state index contributed by atoms with van der Waals surface area (Å²) in [5, 5.41) is 8.80. The first-order chi connectivity index (χ1) is 8.70. The van der Waals surface area contributed by atoms with Crippen molar-refractivity contribution in [3.05, 3.63) is 53.7 Å². The molecule has 1 aromatic heterocycles. The van der Waals surface area contributed by atoms with Crippen molar-refractivity contribution in [2.45, 2.75) is 19.8 Å². The second-order valence-electron chi connectivity index (χ2n) is 4.18. The third-order valence-electron chi connectivity index (χ3n) is 2.80. The molecule has 0 saturated heterocycles. The fourth-order valence-electron chi connectivity index (χ4n) is 1.82. The zero-order valence-electron chi connectivity index (χ0n) is 10.3. The van der Waals surface area contributed by atoms with Gasteiger partial charge in [0.15, 0.2) is 0 Å². The molecule has 0 amide bonds. The summed E-state index contributed by atoms with van der Waals surface area (Å²) in [6.07, 6.45) is 3.59. The average Bonchev–Trinajstić information content (AvgIpc) is 2.40. The molecule has 0 aliphatic carbocycles. The average molecular weight is 241 g/mol. The van der Waals surface area contributed by atoms with Gasteiger partial charge in [0.2, 0.25) is 0 Å². The molecule has 3 nitrogen and oxygen atoms in total. The first-order valence-electron chi connectivity index (χ1n) is 5.99. The number of hydrogen-bond donors (Lipinski definition) is 1. The molecule has 18 heavy (non-hydrogen) atoms. The predicted molar refractivity (Wildman–Crippen MR) is 70.6 cm³/mol. The molecule has 0 radical (unpaired) electrons. The Morgan fingerprint density at radius 3 is 2.39 bits per heavy atom. The second kappa shape index (κ2) is 5.45. The molecule has 2 aromatic rings. The summed E-state index contributed by atoms with van der Waals surface area (Å²) >= 11 is 0. The summed E-state index contributed by atoms with van der Waals surface area (Å²) in [7, 11) is 0. The molecule has 0 spiro atoms. The minimum Gasteiger partial charge on any atom is -0.478 e. The van der Waals surface area contributed by atoms with Gasteiger partial charge in [0.05, 0.1) is 11.3 Å². The number of pyridine rings is 1. The molecule has 0 aliphatic rings. The molecule has 3 heteroatoms. The highest BCUT2D eigenvalue weighted by atomic mass is 16.4. The van der Waals surface area contributed by atoms with Crippen molar-refractivity contribution >= 4 is 5.97 Å². The molecule has 1 aromatic carbocycles. The Morgan fingerprint density at radius 2 is 1.89 bits per heavy atom. The van der Waals surface area contributed by atoms with Gasteiger partial charge in [-0.25, -0.2) is 4.79 Å². The number of carboxylic acid groups (broad SMARTS) is 1. The van der Waals surface area contributed by atoms with E-state index in [0.717, 1.165) is 24.1 Å². The van der Waals surface area contributed by atoms with Crippen molar-refractivity contribution in [2.75, 3.05) is 0 Å². The van der Waals surface area contributed by atoms with Gasteiger partial charge >= 0.3 is 5.97 Å². The fraction of sp³-hybridized carbons (Fsp3) is 0.200. The highest BCUT2D eigenvalue weighted by Gasteiger charge is 2.04. The Balaban J connectivity index is 2.23. The van der Waals surface area contributed by atoms with E-state index in [1.165, 1.54) is 11.8 Å². The van der Waals surface area contributed by atoms with Gasteiger partial charge in [-0.1, -0.05) is 37.6 Å². The van der Waals surface area contributed by atoms with Gasteiger partial charge in [-0.2, -0.15) is 0 Å². The minimum absolute atomic E-state index is 0.210. The van der Waals surface area contributed by atoms with Crippen molar-refractivity contribution < 1.29 is 9.90 Å². The van der Waals surface area contributed by atoms with Crippen LogP contribution in [0, 0.1) is 0 Å². The monoisotopic (exact) mass is 241 g/mol. The first-order valence-corrected chi connectivity index (χ1v) is 5.99. The van der Waals surface area contributed by atoms with E-state index >= 15 is 0 Å². The minimum atomic E-state index is -0.952. The lowest BCUT2D eigenvalue weighted by atomic mass is 10.1. The normalized spacial score (nSPS) is 10.3. The number of rotatable bonds is 4. The van der Waals surface area contributed by atoms with Crippen molar-refractivity contribution in [1.82, 2.24) is 4.98 Å². The summed E-state index contributed by atoms with van der Waals surface area (Å²) in [5.41, 5.74) is 3.32. The Morgan fingerprint density at radius 1 is 1.17 bits per heavy atom. The number of aromatic carboxylic acids is 1. The Kier molecular flexibility index (Phi) is 3.72. The molecule has 0 bridgehead atoms. The number of hydrogen-bond acceptors (Lipinski definition) is 2. The molecular weight excluding hydrogens is 226 g/mol. The van der Waals surface area contributed by atoms with E-state index in [1.807, 2.05) is 12.1 Å². The maximum Gasteiger partial charge on any atom is 0.337 e. The van der Waals surface area contributed by atoms with Crippen LogP contribution < -0.4 is 0 Å². The van der Waals surface area contributed by atoms with Crippen LogP contribution in [0.4, 0.5) is 0 Å². The maximum atomic E-state index is 10.7. The molecular formula is C15H15NO2. The molecule has 2 rings (SSSR count). The molecule has 0 saturated carbocycles. The number of carbonyl (C=O) groups is 1. The second-order valence-corrected chi connectivity index (χ2v) is 4.18. The Bertz CT molecular complexity index is 529. The lowest BCUT2D eigenvalue weighted by molar-refractivity contribution is 0.0696. The maximum absolute atomic E-state index is 10.7. The van der Waals surface area contributed by atoms with Gasteiger partial charge in [-0.05, 0) is 24.1 Å². The molecule has 1 N–H and O–H groups in total. The molecule has 0 fully saturated rings. The van der Waals surface area contributed by atoms with Crippen LogP contribution >= 0.6 is 0 Å². The molecule has 1 heterocycles. The predicted octanol–water partition coefficient (Wildman–Crippen LogP) is 3.40. The van der Waals surface area contributed by atoms with Crippen molar-refractivity contribution in [3.63, 3.8) is 0 Å². The van der Waals surface area contributed by atoms with Crippen LogP contribution in [-0.4, -0.2) is 16.1 Å². The van der Waals surface area contributed by atoms with Gasteiger partial charge in [0, 0.05) is 11.8 Å². The number of benzene rings is 1. The van der Waals surface area contributed by atoms with E-state index in [9.17, 15) is 4.79 Å². The van der Waals surface area contributed by atoms with E-state index in [1.54, 1.807) is 12.1 Å². The summed E-state index contributed by atoms with van der Waals surface area (Å²) < 4.78 is 0. The van der Waals surface area contributed by atoms with Crippen LogP contribution in [0.25, 0.3) is 11.3 Å². The molecule has 0 aliphatic heterocycles.